The molecule has 0 saturated heterocycles. The summed E-state index contributed by atoms with van der Waals surface area (Å²) in [6.07, 6.45) is 3.82. The lowest BCUT2D eigenvalue weighted by molar-refractivity contribution is 0.327. The summed E-state index contributed by atoms with van der Waals surface area (Å²) in [6.45, 7) is 3.18. The van der Waals surface area contributed by atoms with Gasteiger partial charge in [0.1, 0.15) is 23.8 Å². The second-order valence-corrected chi connectivity index (χ2v) is 6.27. The van der Waals surface area contributed by atoms with Crippen molar-refractivity contribution in [2.45, 2.75) is 13.0 Å². The van der Waals surface area contributed by atoms with Gasteiger partial charge in [-0.05, 0) is 48.9 Å². The molecule has 1 N–H and O–H groups in total. The highest BCUT2D eigenvalue weighted by atomic mass is 16.5. The van der Waals surface area contributed by atoms with Crippen molar-refractivity contribution in [1.82, 2.24) is 20.4 Å². The van der Waals surface area contributed by atoms with Crippen molar-refractivity contribution < 1.29 is 14.0 Å². The maximum atomic E-state index is 5.81. The van der Waals surface area contributed by atoms with Crippen molar-refractivity contribution in [3.63, 3.8) is 0 Å². The lowest BCUT2D eigenvalue weighted by Gasteiger charge is -2.20. The number of fused-ring (bicyclic) bond motifs is 1. The molecule has 27 heavy (non-hydrogen) atoms. The molecule has 4 rings (SSSR count). The van der Waals surface area contributed by atoms with E-state index in [2.05, 4.69) is 26.5 Å². The normalized spacial score (nSPS) is 14.1. The molecule has 1 aromatic carbocycles. The summed E-state index contributed by atoms with van der Waals surface area (Å²) < 4.78 is 16.5. The largest absolute Gasteiger partial charge is 0.497 e. The van der Waals surface area contributed by atoms with Gasteiger partial charge in [0.05, 0.1) is 13.2 Å². The molecule has 1 aliphatic rings. The number of aromatic nitrogens is 3. The first-order valence-corrected chi connectivity index (χ1v) is 8.71. The van der Waals surface area contributed by atoms with Crippen LogP contribution in [0.5, 0.6) is 11.5 Å². The van der Waals surface area contributed by atoms with Crippen LogP contribution in [0.1, 0.15) is 24.4 Å². The van der Waals surface area contributed by atoms with Gasteiger partial charge in [0.25, 0.3) is 0 Å². The first kappa shape index (κ1) is 17.2. The molecule has 2 aromatic heterocycles. The molecule has 1 atom stereocenters. The Morgan fingerprint density at radius 2 is 2.19 bits per heavy atom. The number of nitrogens with one attached hydrogen (secondary N) is 1. The van der Waals surface area contributed by atoms with E-state index in [4.69, 9.17) is 14.0 Å². The van der Waals surface area contributed by atoms with Crippen LogP contribution in [-0.4, -0.2) is 35.4 Å². The van der Waals surface area contributed by atoms with E-state index in [1.807, 2.05) is 43.3 Å². The van der Waals surface area contributed by atoms with Crippen LogP contribution in [-0.2, 0) is 0 Å². The van der Waals surface area contributed by atoms with E-state index < -0.39 is 0 Å². The van der Waals surface area contributed by atoms with Crippen molar-refractivity contribution in [2.24, 2.45) is 0 Å². The Morgan fingerprint density at radius 3 is 3.00 bits per heavy atom. The van der Waals surface area contributed by atoms with E-state index in [0.29, 0.717) is 30.6 Å². The minimum atomic E-state index is -0.0948. The number of hydrogen-bond donors (Lipinski definition) is 1. The summed E-state index contributed by atoms with van der Waals surface area (Å²) in [7, 11) is 1.66. The molecule has 3 heterocycles. The molecule has 0 aliphatic carbocycles. The van der Waals surface area contributed by atoms with Crippen LogP contribution in [0.2, 0.25) is 0 Å². The molecule has 138 valence electrons. The summed E-state index contributed by atoms with van der Waals surface area (Å²) >= 11 is 0. The molecule has 0 fully saturated rings. The predicted octanol–water partition coefficient (Wildman–Crippen LogP) is 3.27. The van der Waals surface area contributed by atoms with Gasteiger partial charge >= 0.3 is 0 Å². The van der Waals surface area contributed by atoms with Gasteiger partial charge in [-0.3, -0.25) is 4.98 Å². The average molecular weight is 364 g/mol. The molecule has 3 aromatic rings. The van der Waals surface area contributed by atoms with E-state index in [9.17, 15) is 0 Å². The Morgan fingerprint density at radius 1 is 1.26 bits per heavy atom. The first-order chi connectivity index (χ1) is 13.2. The molecule has 0 saturated carbocycles. The number of nitrogens with zero attached hydrogens (tertiary/aromatic N) is 3. The molecule has 1 aliphatic heterocycles. The molecule has 0 amide bonds. The van der Waals surface area contributed by atoms with Gasteiger partial charge in [-0.2, -0.15) is 4.98 Å². The highest BCUT2D eigenvalue weighted by molar-refractivity contribution is 5.64. The van der Waals surface area contributed by atoms with E-state index in [-0.39, 0.29) is 6.04 Å². The van der Waals surface area contributed by atoms with Gasteiger partial charge in [-0.25, -0.2) is 0 Å². The first-order valence-electron chi connectivity index (χ1n) is 8.71. The van der Waals surface area contributed by atoms with Gasteiger partial charge < -0.3 is 19.3 Å². The molecule has 7 nitrogen and oxygen atoms in total. The third-order valence-electron chi connectivity index (χ3n) is 4.33. The molecule has 1 unspecified atom stereocenters. The standard InChI is InChI=1S/C20H20N4O3/c1-13(20-23-19(24-27-20)17-5-3-4-8-21-17)22-11-14-9-15-10-16(25-2)6-7-18(15)26-12-14/h3-10,13,22H,11-12H2,1-2H3. The molecule has 7 heteroatoms. The van der Waals surface area contributed by atoms with Crippen LogP contribution < -0.4 is 14.8 Å². The summed E-state index contributed by atoms with van der Waals surface area (Å²) in [6, 6.07) is 11.3. The Kier molecular flexibility index (Phi) is 4.84. The number of ether oxygens (including phenoxy) is 2. The minimum Gasteiger partial charge on any atom is -0.497 e. The molecule has 0 spiro atoms. The third-order valence-corrected chi connectivity index (χ3v) is 4.33. The zero-order valence-corrected chi connectivity index (χ0v) is 15.2. The van der Waals surface area contributed by atoms with Crippen molar-refractivity contribution in [1.29, 1.82) is 0 Å². The summed E-state index contributed by atoms with van der Waals surface area (Å²) in [5.41, 5.74) is 2.83. The topological polar surface area (TPSA) is 82.3 Å². The maximum Gasteiger partial charge on any atom is 0.243 e. The van der Waals surface area contributed by atoms with Gasteiger partial charge in [0, 0.05) is 18.3 Å². The highest BCUT2D eigenvalue weighted by Gasteiger charge is 2.17. The number of hydrogen-bond acceptors (Lipinski definition) is 7. The van der Waals surface area contributed by atoms with Crippen LogP contribution >= 0.6 is 0 Å². The number of benzene rings is 1. The van der Waals surface area contributed by atoms with E-state index in [0.717, 1.165) is 22.6 Å². The Bertz CT molecular complexity index is 953. The Labute approximate surface area is 157 Å². The van der Waals surface area contributed by atoms with Crippen LogP contribution in [0.25, 0.3) is 17.6 Å². The summed E-state index contributed by atoms with van der Waals surface area (Å²) in [5.74, 6) is 2.68. The Hall–Kier alpha value is -3.19. The van der Waals surface area contributed by atoms with Gasteiger partial charge in [0.15, 0.2) is 0 Å². The van der Waals surface area contributed by atoms with Crippen LogP contribution in [0.3, 0.4) is 0 Å². The summed E-state index contributed by atoms with van der Waals surface area (Å²) in [4.78, 5) is 8.67. The SMILES string of the molecule is COc1ccc2c(c1)C=C(CNC(C)c1nc(-c3ccccn3)no1)CO2. The molecule has 0 radical (unpaired) electrons. The zero-order chi connectivity index (χ0) is 18.6. The third kappa shape index (κ3) is 3.83. The fourth-order valence-corrected chi connectivity index (χ4v) is 2.81. The van der Waals surface area contributed by atoms with Crippen molar-refractivity contribution in [3.05, 3.63) is 59.6 Å². The molecular formula is C20H20N4O3. The Balaban J connectivity index is 1.41. The van der Waals surface area contributed by atoms with Crippen LogP contribution in [0.4, 0.5) is 0 Å². The zero-order valence-electron chi connectivity index (χ0n) is 15.2. The highest BCUT2D eigenvalue weighted by Crippen LogP contribution is 2.29. The minimum absolute atomic E-state index is 0.0948. The van der Waals surface area contributed by atoms with E-state index >= 15 is 0 Å². The van der Waals surface area contributed by atoms with E-state index in [1.165, 1.54) is 0 Å². The van der Waals surface area contributed by atoms with Gasteiger partial charge in [-0.15, -0.1) is 0 Å². The monoisotopic (exact) mass is 364 g/mol. The smallest absolute Gasteiger partial charge is 0.243 e. The second kappa shape index (κ2) is 7.59. The summed E-state index contributed by atoms with van der Waals surface area (Å²) in [5, 5.41) is 7.41. The molecule has 0 bridgehead atoms. The van der Waals surface area contributed by atoms with E-state index in [1.54, 1.807) is 13.3 Å². The van der Waals surface area contributed by atoms with Gasteiger partial charge in [0.2, 0.25) is 11.7 Å². The van der Waals surface area contributed by atoms with Crippen LogP contribution in [0, 0.1) is 0 Å². The second-order valence-electron chi connectivity index (χ2n) is 6.27. The fraction of sp³-hybridized carbons (Fsp3) is 0.250. The number of methoxy groups -OCH3 is 1. The van der Waals surface area contributed by atoms with Gasteiger partial charge in [-0.1, -0.05) is 11.2 Å². The fourth-order valence-electron chi connectivity index (χ4n) is 2.81. The maximum absolute atomic E-state index is 5.81. The molecular weight excluding hydrogens is 344 g/mol. The van der Waals surface area contributed by atoms with Crippen LogP contribution in [0.15, 0.2) is 52.7 Å². The van der Waals surface area contributed by atoms with Crippen molar-refractivity contribution in [3.8, 4) is 23.0 Å². The lowest BCUT2D eigenvalue weighted by Crippen LogP contribution is -2.24. The predicted molar refractivity (Wildman–Crippen MR) is 100 cm³/mol. The quantitative estimate of drug-likeness (QED) is 0.719. The number of rotatable bonds is 6. The van der Waals surface area contributed by atoms with Crippen molar-refractivity contribution in [2.75, 3.05) is 20.3 Å². The number of pyridine rings is 1. The van der Waals surface area contributed by atoms with Crippen molar-refractivity contribution >= 4 is 6.08 Å². The average Bonchev–Trinajstić information content (AvgIpc) is 3.22. The lowest BCUT2D eigenvalue weighted by atomic mass is 10.1.